The van der Waals surface area contributed by atoms with Crippen molar-refractivity contribution in [3.63, 3.8) is 0 Å². The van der Waals surface area contributed by atoms with Crippen molar-refractivity contribution in [2.24, 2.45) is 0 Å². The molecule has 6 heteroatoms. The standard InChI is InChI=1S/C13H14N2O2S2/c16-19(17,12-1-2-12)15-8-10-3-5-14-13(7-10)11-4-6-18-9-11/h3-7,9,12,15H,1-2,8H2. The first-order valence-electron chi connectivity index (χ1n) is 6.11. The van der Waals surface area contributed by atoms with E-state index < -0.39 is 10.0 Å². The number of hydrogen-bond donors (Lipinski definition) is 1. The van der Waals surface area contributed by atoms with Crippen molar-refractivity contribution in [2.45, 2.75) is 24.6 Å². The lowest BCUT2D eigenvalue weighted by atomic mass is 10.1. The second-order valence-corrected chi connectivity index (χ2v) is 7.45. The highest BCUT2D eigenvalue weighted by Crippen LogP contribution is 2.27. The van der Waals surface area contributed by atoms with Gasteiger partial charge in [0.2, 0.25) is 10.0 Å². The Hall–Kier alpha value is -1.24. The molecule has 0 atom stereocenters. The molecule has 1 aliphatic rings. The summed E-state index contributed by atoms with van der Waals surface area (Å²) >= 11 is 1.62. The van der Waals surface area contributed by atoms with Gasteiger partial charge in [0.15, 0.2) is 0 Å². The predicted octanol–water partition coefficient (Wildman–Crippen LogP) is 2.39. The molecule has 0 radical (unpaired) electrons. The van der Waals surface area contributed by atoms with Crippen molar-refractivity contribution in [1.82, 2.24) is 9.71 Å². The van der Waals surface area contributed by atoms with Crippen LogP contribution in [-0.4, -0.2) is 18.7 Å². The molecule has 4 nitrogen and oxygen atoms in total. The Morgan fingerprint density at radius 2 is 2.21 bits per heavy atom. The summed E-state index contributed by atoms with van der Waals surface area (Å²) in [7, 11) is -3.12. The Morgan fingerprint density at radius 1 is 1.37 bits per heavy atom. The van der Waals surface area contributed by atoms with E-state index in [2.05, 4.69) is 9.71 Å². The van der Waals surface area contributed by atoms with Gasteiger partial charge in [-0.3, -0.25) is 4.98 Å². The van der Waals surface area contributed by atoms with Crippen LogP contribution in [0.2, 0.25) is 0 Å². The van der Waals surface area contributed by atoms with Crippen LogP contribution in [0.25, 0.3) is 11.3 Å². The van der Waals surface area contributed by atoms with Crippen LogP contribution >= 0.6 is 11.3 Å². The van der Waals surface area contributed by atoms with E-state index in [1.54, 1.807) is 17.5 Å². The number of pyridine rings is 1. The number of nitrogens with zero attached hydrogens (tertiary/aromatic N) is 1. The van der Waals surface area contributed by atoms with Gasteiger partial charge in [-0.2, -0.15) is 11.3 Å². The lowest BCUT2D eigenvalue weighted by molar-refractivity contribution is 0.580. The minimum absolute atomic E-state index is 0.175. The maximum absolute atomic E-state index is 11.8. The van der Waals surface area contributed by atoms with E-state index in [0.717, 1.165) is 29.7 Å². The average Bonchev–Trinajstić information content (AvgIpc) is 3.14. The van der Waals surface area contributed by atoms with Crippen LogP contribution in [0.5, 0.6) is 0 Å². The molecule has 3 rings (SSSR count). The molecule has 0 unspecified atom stereocenters. The highest BCUT2D eigenvalue weighted by Gasteiger charge is 2.35. The number of sulfonamides is 1. The van der Waals surface area contributed by atoms with Crippen molar-refractivity contribution in [1.29, 1.82) is 0 Å². The molecule has 0 amide bonds. The molecule has 2 heterocycles. The van der Waals surface area contributed by atoms with Gasteiger partial charge in [-0.15, -0.1) is 0 Å². The summed E-state index contributed by atoms with van der Waals surface area (Å²) in [4.78, 5) is 4.30. The van der Waals surface area contributed by atoms with E-state index in [0.29, 0.717) is 6.54 Å². The Kier molecular flexibility index (Phi) is 3.38. The summed E-state index contributed by atoms with van der Waals surface area (Å²) in [6, 6.07) is 5.77. The molecule has 1 aliphatic carbocycles. The predicted molar refractivity (Wildman–Crippen MR) is 76.3 cm³/mol. The molecule has 19 heavy (non-hydrogen) atoms. The van der Waals surface area contributed by atoms with Gasteiger partial charge in [-0.25, -0.2) is 13.1 Å². The maximum atomic E-state index is 11.8. The Balaban J connectivity index is 1.73. The van der Waals surface area contributed by atoms with E-state index in [1.165, 1.54) is 0 Å². The van der Waals surface area contributed by atoms with Crippen LogP contribution in [-0.2, 0) is 16.6 Å². The summed E-state index contributed by atoms with van der Waals surface area (Å²) in [5.41, 5.74) is 2.88. The monoisotopic (exact) mass is 294 g/mol. The van der Waals surface area contributed by atoms with Crippen LogP contribution < -0.4 is 4.72 Å². The summed E-state index contributed by atoms with van der Waals surface area (Å²) < 4.78 is 26.2. The first-order valence-corrected chi connectivity index (χ1v) is 8.60. The van der Waals surface area contributed by atoms with Crippen LogP contribution in [0.3, 0.4) is 0 Å². The number of rotatable bonds is 5. The summed E-state index contributed by atoms with van der Waals surface area (Å²) in [5, 5.41) is 3.85. The third-order valence-corrected chi connectivity index (χ3v) is 5.66. The van der Waals surface area contributed by atoms with Crippen molar-refractivity contribution in [3.05, 3.63) is 40.7 Å². The molecule has 1 N–H and O–H groups in total. The minimum atomic E-state index is -3.12. The van der Waals surface area contributed by atoms with E-state index in [-0.39, 0.29) is 5.25 Å². The van der Waals surface area contributed by atoms with Gasteiger partial charge in [0.25, 0.3) is 0 Å². The molecular formula is C13H14N2O2S2. The molecule has 2 aromatic rings. The lowest BCUT2D eigenvalue weighted by Crippen LogP contribution is -2.26. The van der Waals surface area contributed by atoms with Gasteiger partial charge in [0, 0.05) is 23.7 Å². The molecule has 1 fully saturated rings. The number of thiophene rings is 1. The number of hydrogen-bond acceptors (Lipinski definition) is 4. The van der Waals surface area contributed by atoms with Gasteiger partial charge in [-0.05, 0) is 42.0 Å². The molecule has 0 aliphatic heterocycles. The van der Waals surface area contributed by atoms with E-state index in [4.69, 9.17) is 0 Å². The molecule has 0 saturated heterocycles. The van der Waals surface area contributed by atoms with Gasteiger partial charge in [0.1, 0.15) is 0 Å². The molecule has 0 bridgehead atoms. The van der Waals surface area contributed by atoms with Crippen molar-refractivity contribution in [3.8, 4) is 11.3 Å². The smallest absolute Gasteiger partial charge is 0.214 e. The summed E-state index contributed by atoms with van der Waals surface area (Å²) in [6.07, 6.45) is 3.28. The zero-order valence-corrected chi connectivity index (χ0v) is 11.9. The average molecular weight is 294 g/mol. The maximum Gasteiger partial charge on any atom is 0.214 e. The van der Waals surface area contributed by atoms with Crippen LogP contribution in [0.15, 0.2) is 35.2 Å². The minimum Gasteiger partial charge on any atom is -0.256 e. The first-order chi connectivity index (χ1) is 9.15. The fourth-order valence-electron chi connectivity index (χ4n) is 1.83. The normalized spacial score (nSPS) is 15.6. The lowest BCUT2D eigenvalue weighted by Gasteiger charge is -2.06. The van der Waals surface area contributed by atoms with Crippen LogP contribution in [0.1, 0.15) is 18.4 Å². The molecule has 0 spiro atoms. The van der Waals surface area contributed by atoms with E-state index in [9.17, 15) is 8.42 Å². The molecule has 0 aromatic carbocycles. The second-order valence-electron chi connectivity index (χ2n) is 4.63. The van der Waals surface area contributed by atoms with Gasteiger partial charge in [-0.1, -0.05) is 0 Å². The fourth-order valence-corrected chi connectivity index (χ4v) is 3.84. The van der Waals surface area contributed by atoms with Crippen molar-refractivity contribution < 1.29 is 8.42 Å². The zero-order valence-electron chi connectivity index (χ0n) is 10.2. The third kappa shape index (κ3) is 3.02. The Labute approximate surface area is 116 Å². The van der Waals surface area contributed by atoms with Crippen LogP contribution in [0, 0.1) is 0 Å². The second kappa shape index (κ2) is 5.03. The van der Waals surface area contributed by atoms with Gasteiger partial charge >= 0.3 is 0 Å². The highest BCUT2D eigenvalue weighted by molar-refractivity contribution is 7.90. The topological polar surface area (TPSA) is 59.1 Å². The van der Waals surface area contributed by atoms with Gasteiger partial charge in [0.05, 0.1) is 10.9 Å². The number of nitrogens with one attached hydrogen (secondary N) is 1. The summed E-state index contributed by atoms with van der Waals surface area (Å²) in [5.74, 6) is 0. The Morgan fingerprint density at radius 3 is 2.89 bits per heavy atom. The fraction of sp³-hybridized carbons (Fsp3) is 0.308. The third-order valence-electron chi connectivity index (χ3n) is 3.08. The largest absolute Gasteiger partial charge is 0.256 e. The van der Waals surface area contributed by atoms with Crippen LogP contribution in [0.4, 0.5) is 0 Å². The summed E-state index contributed by atoms with van der Waals surface area (Å²) in [6.45, 7) is 0.332. The Bertz CT molecular complexity index is 662. The van der Waals surface area contributed by atoms with E-state index in [1.807, 2.05) is 29.0 Å². The molecule has 100 valence electrons. The molecule has 1 saturated carbocycles. The quantitative estimate of drug-likeness (QED) is 0.921. The zero-order chi connectivity index (χ0) is 13.3. The number of aromatic nitrogens is 1. The van der Waals surface area contributed by atoms with E-state index >= 15 is 0 Å². The highest BCUT2D eigenvalue weighted by atomic mass is 32.2. The van der Waals surface area contributed by atoms with Gasteiger partial charge < -0.3 is 0 Å². The van der Waals surface area contributed by atoms with Crippen molar-refractivity contribution in [2.75, 3.05) is 0 Å². The van der Waals surface area contributed by atoms with Crippen molar-refractivity contribution >= 4 is 21.4 Å². The molecular weight excluding hydrogens is 280 g/mol. The first kappa shape index (κ1) is 12.8. The molecule has 2 aromatic heterocycles. The SMILES string of the molecule is O=S(=O)(NCc1ccnc(-c2ccsc2)c1)C1CC1.